The Kier molecular flexibility index (Phi) is 5.44. The minimum Gasteiger partial charge on any atom is -0.336 e. The van der Waals surface area contributed by atoms with Crippen molar-refractivity contribution in [1.82, 2.24) is 19.8 Å². The molecule has 1 aromatic heterocycles. The fourth-order valence-electron chi connectivity index (χ4n) is 4.75. The third-order valence-electron chi connectivity index (χ3n) is 6.33. The molecule has 2 saturated heterocycles. The Hall–Kier alpha value is -2.27. The molecule has 148 valence electrons. The summed E-state index contributed by atoms with van der Waals surface area (Å²) in [6, 6.07) is 8.67. The summed E-state index contributed by atoms with van der Waals surface area (Å²) < 4.78 is 0. The van der Waals surface area contributed by atoms with Crippen LogP contribution in [0.1, 0.15) is 48.2 Å². The van der Waals surface area contributed by atoms with Gasteiger partial charge in [-0.1, -0.05) is 24.3 Å². The van der Waals surface area contributed by atoms with E-state index >= 15 is 0 Å². The van der Waals surface area contributed by atoms with Crippen molar-refractivity contribution < 1.29 is 4.79 Å². The number of rotatable bonds is 4. The standard InChI is InChI=1S/C23H30N4O/c1-18-6-3-4-7-20(18)14-26-11-5-9-23(16-26)10-8-22(28)27(17-23)15-21-13-24-19(2)12-25-21/h3-4,6-7,12-13H,5,8-11,14-17H2,1-2H3/t23-/m1/s1. The molecule has 5 nitrogen and oxygen atoms in total. The van der Waals surface area contributed by atoms with E-state index in [1.165, 1.54) is 24.0 Å². The van der Waals surface area contributed by atoms with Gasteiger partial charge in [-0.15, -0.1) is 0 Å². The first-order valence-corrected chi connectivity index (χ1v) is 10.4. The van der Waals surface area contributed by atoms with E-state index in [2.05, 4.69) is 46.1 Å². The molecule has 2 aliphatic heterocycles. The van der Waals surface area contributed by atoms with Gasteiger partial charge in [0.25, 0.3) is 0 Å². The monoisotopic (exact) mass is 378 g/mol. The normalized spacial score (nSPS) is 23.4. The van der Waals surface area contributed by atoms with Crippen LogP contribution in [0.2, 0.25) is 0 Å². The number of carbonyl (C=O) groups excluding carboxylic acids is 1. The van der Waals surface area contributed by atoms with Gasteiger partial charge in [0.1, 0.15) is 0 Å². The molecule has 1 atom stereocenters. The summed E-state index contributed by atoms with van der Waals surface area (Å²) in [6.07, 6.45) is 7.65. The van der Waals surface area contributed by atoms with Gasteiger partial charge in [-0.3, -0.25) is 19.7 Å². The Morgan fingerprint density at radius 3 is 2.68 bits per heavy atom. The van der Waals surface area contributed by atoms with E-state index in [1.807, 2.05) is 11.8 Å². The molecule has 1 aromatic carbocycles. The van der Waals surface area contributed by atoms with Crippen molar-refractivity contribution in [2.24, 2.45) is 5.41 Å². The van der Waals surface area contributed by atoms with Crippen LogP contribution in [-0.2, 0) is 17.9 Å². The summed E-state index contributed by atoms with van der Waals surface area (Å²) in [5.74, 6) is 0.254. The van der Waals surface area contributed by atoms with Gasteiger partial charge in [-0.2, -0.15) is 0 Å². The molecule has 4 rings (SSSR count). The maximum Gasteiger partial charge on any atom is 0.222 e. The fraction of sp³-hybridized carbons (Fsp3) is 0.522. The summed E-state index contributed by atoms with van der Waals surface area (Å²) in [5, 5.41) is 0. The maximum absolute atomic E-state index is 12.6. The zero-order valence-electron chi connectivity index (χ0n) is 17.0. The lowest BCUT2D eigenvalue weighted by Crippen LogP contribution is -2.53. The van der Waals surface area contributed by atoms with Gasteiger partial charge in [-0.05, 0) is 50.8 Å². The molecular formula is C23H30N4O. The summed E-state index contributed by atoms with van der Waals surface area (Å²) in [6.45, 7) is 8.77. The largest absolute Gasteiger partial charge is 0.336 e. The Morgan fingerprint density at radius 2 is 1.89 bits per heavy atom. The topological polar surface area (TPSA) is 49.3 Å². The smallest absolute Gasteiger partial charge is 0.222 e. The Bertz CT molecular complexity index is 835. The number of likely N-dealkylation sites (tertiary alicyclic amines) is 2. The molecule has 3 heterocycles. The predicted molar refractivity (Wildman–Crippen MR) is 110 cm³/mol. The number of amides is 1. The molecule has 0 bridgehead atoms. The fourth-order valence-corrected chi connectivity index (χ4v) is 4.75. The molecule has 28 heavy (non-hydrogen) atoms. The minimum atomic E-state index is 0.215. The third-order valence-corrected chi connectivity index (χ3v) is 6.33. The molecule has 2 aliphatic rings. The van der Waals surface area contributed by atoms with Crippen molar-refractivity contribution in [3.63, 3.8) is 0 Å². The van der Waals surface area contributed by atoms with E-state index in [-0.39, 0.29) is 11.3 Å². The number of piperidine rings is 2. The number of hydrogen-bond donors (Lipinski definition) is 0. The van der Waals surface area contributed by atoms with Crippen LogP contribution in [0.25, 0.3) is 0 Å². The second-order valence-corrected chi connectivity index (χ2v) is 8.64. The number of hydrogen-bond acceptors (Lipinski definition) is 4. The highest BCUT2D eigenvalue weighted by Crippen LogP contribution is 2.39. The van der Waals surface area contributed by atoms with Crippen molar-refractivity contribution in [1.29, 1.82) is 0 Å². The third kappa shape index (κ3) is 4.25. The van der Waals surface area contributed by atoms with Crippen molar-refractivity contribution in [3.8, 4) is 0 Å². The lowest BCUT2D eigenvalue weighted by molar-refractivity contribution is -0.140. The second-order valence-electron chi connectivity index (χ2n) is 8.64. The highest BCUT2D eigenvalue weighted by atomic mass is 16.2. The molecule has 0 radical (unpaired) electrons. The molecule has 1 spiro atoms. The number of nitrogens with zero attached hydrogens (tertiary/aromatic N) is 4. The molecule has 0 unspecified atom stereocenters. The maximum atomic E-state index is 12.6. The first-order valence-electron chi connectivity index (χ1n) is 10.4. The average Bonchev–Trinajstić information content (AvgIpc) is 2.69. The van der Waals surface area contributed by atoms with E-state index in [9.17, 15) is 4.79 Å². The lowest BCUT2D eigenvalue weighted by atomic mass is 9.73. The number of benzene rings is 1. The van der Waals surface area contributed by atoms with E-state index in [1.54, 1.807) is 12.4 Å². The Balaban J connectivity index is 1.45. The van der Waals surface area contributed by atoms with Crippen LogP contribution in [0, 0.1) is 19.3 Å². The Labute approximate surface area is 167 Å². The molecule has 0 aliphatic carbocycles. The Morgan fingerprint density at radius 1 is 1.04 bits per heavy atom. The summed E-state index contributed by atoms with van der Waals surface area (Å²) in [4.78, 5) is 26.0. The quantitative estimate of drug-likeness (QED) is 0.817. The summed E-state index contributed by atoms with van der Waals surface area (Å²) in [5.41, 5.74) is 4.78. The van der Waals surface area contributed by atoms with Crippen LogP contribution in [0.3, 0.4) is 0 Å². The van der Waals surface area contributed by atoms with Crippen molar-refractivity contribution in [2.75, 3.05) is 19.6 Å². The molecule has 2 aromatic rings. The second kappa shape index (κ2) is 8.00. The molecule has 2 fully saturated rings. The molecule has 1 amide bonds. The van der Waals surface area contributed by atoms with Crippen LogP contribution >= 0.6 is 0 Å². The SMILES string of the molecule is Cc1cnc(CN2C[C@]3(CCCN(Cc4ccccc4C)C3)CCC2=O)cn1. The van der Waals surface area contributed by atoms with E-state index in [4.69, 9.17) is 0 Å². The predicted octanol–water partition coefficient (Wildman–Crippen LogP) is 3.50. The summed E-state index contributed by atoms with van der Waals surface area (Å²) in [7, 11) is 0. The van der Waals surface area contributed by atoms with Crippen LogP contribution in [0.5, 0.6) is 0 Å². The van der Waals surface area contributed by atoms with E-state index in [0.717, 1.165) is 44.0 Å². The van der Waals surface area contributed by atoms with Crippen LogP contribution in [0.4, 0.5) is 0 Å². The van der Waals surface area contributed by atoms with Crippen LogP contribution < -0.4 is 0 Å². The van der Waals surface area contributed by atoms with Gasteiger partial charge in [0.2, 0.25) is 5.91 Å². The number of aryl methyl sites for hydroxylation is 2. The number of aromatic nitrogens is 2. The number of carbonyl (C=O) groups is 1. The van der Waals surface area contributed by atoms with Crippen LogP contribution in [-0.4, -0.2) is 45.3 Å². The van der Waals surface area contributed by atoms with Crippen molar-refractivity contribution >= 4 is 5.91 Å². The van der Waals surface area contributed by atoms with E-state index < -0.39 is 0 Å². The highest BCUT2D eigenvalue weighted by Gasteiger charge is 2.41. The van der Waals surface area contributed by atoms with Crippen molar-refractivity contribution in [3.05, 3.63) is 59.2 Å². The lowest BCUT2D eigenvalue weighted by Gasteiger charge is -2.48. The van der Waals surface area contributed by atoms with Gasteiger partial charge in [0.15, 0.2) is 0 Å². The van der Waals surface area contributed by atoms with Gasteiger partial charge in [0, 0.05) is 37.7 Å². The first kappa shape index (κ1) is 19.1. The molecular weight excluding hydrogens is 348 g/mol. The van der Waals surface area contributed by atoms with Gasteiger partial charge in [0.05, 0.1) is 24.1 Å². The molecule has 0 N–H and O–H groups in total. The first-order chi connectivity index (χ1) is 13.5. The van der Waals surface area contributed by atoms with Crippen molar-refractivity contribution in [2.45, 2.75) is 52.6 Å². The molecule has 0 saturated carbocycles. The van der Waals surface area contributed by atoms with Gasteiger partial charge < -0.3 is 4.90 Å². The zero-order chi connectivity index (χ0) is 19.6. The summed E-state index contributed by atoms with van der Waals surface area (Å²) >= 11 is 0. The highest BCUT2D eigenvalue weighted by molar-refractivity contribution is 5.77. The van der Waals surface area contributed by atoms with E-state index in [0.29, 0.717) is 13.0 Å². The van der Waals surface area contributed by atoms with Gasteiger partial charge >= 0.3 is 0 Å². The molecule has 5 heteroatoms. The average molecular weight is 379 g/mol. The van der Waals surface area contributed by atoms with Gasteiger partial charge in [-0.25, -0.2) is 0 Å². The minimum absolute atomic E-state index is 0.215. The van der Waals surface area contributed by atoms with Crippen LogP contribution in [0.15, 0.2) is 36.7 Å². The zero-order valence-corrected chi connectivity index (χ0v) is 17.0.